The molecule has 1 atom stereocenters. The Morgan fingerprint density at radius 1 is 1.39 bits per heavy atom. The first-order valence-corrected chi connectivity index (χ1v) is 8.83. The van der Waals surface area contributed by atoms with Gasteiger partial charge in [0.1, 0.15) is 11.1 Å². The monoisotopic (exact) mass is 353 g/mol. The van der Waals surface area contributed by atoms with Crippen molar-refractivity contribution in [1.82, 2.24) is 14.8 Å². The summed E-state index contributed by atoms with van der Waals surface area (Å²) < 4.78 is 7.06. The zero-order valence-electron chi connectivity index (χ0n) is 13.5. The van der Waals surface area contributed by atoms with Crippen LogP contribution in [0.2, 0.25) is 5.02 Å². The molecule has 5 nitrogen and oxygen atoms in total. The van der Waals surface area contributed by atoms with E-state index in [9.17, 15) is 4.79 Å². The first-order chi connectivity index (χ1) is 11.1. The van der Waals surface area contributed by atoms with Gasteiger partial charge in [-0.25, -0.2) is 0 Å². The number of carbonyl (C=O) groups is 1. The number of hydrogen-bond acceptors (Lipinski definition) is 5. The molecule has 124 valence electrons. The Bertz CT molecular complexity index is 675. The SMILES string of the molecule is CCC[C@H](Sc1nnc(C)n1-c1cccc(Cl)c1)C(=O)OCC. The van der Waals surface area contributed by atoms with Gasteiger partial charge in [-0.15, -0.1) is 10.2 Å². The van der Waals surface area contributed by atoms with Gasteiger partial charge in [-0.2, -0.15) is 0 Å². The Labute approximate surface area is 145 Å². The second kappa shape index (κ2) is 8.36. The molecule has 2 aromatic rings. The molecule has 1 aromatic carbocycles. The summed E-state index contributed by atoms with van der Waals surface area (Å²) in [4.78, 5) is 12.1. The predicted molar refractivity (Wildman–Crippen MR) is 92.3 cm³/mol. The molecule has 0 saturated heterocycles. The van der Waals surface area contributed by atoms with Crippen LogP contribution in [0.25, 0.3) is 5.69 Å². The Morgan fingerprint density at radius 3 is 2.83 bits per heavy atom. The summed E-state index contributed by atoms with van der Waals surface area (Å²) >= 11 is 7.46. The second-order valence-electron chi connectivity index (χ2n) is 4.99. The van der Waals surface area contributed by atoms with Crippen LogP contribution in [0, 0.1) is 6.92 Å². The van der Waals surface area contributed by atoms with Crippen LogP contribution in [0.15, 0.2) is 29.4 Å². The van der Waals surface area contributed by atoms with Crippen molar-refractivity contribution in [2.45, 2.75) is 44.0 Å². The molecule has 0 bridgehead atoms. The summed E-state index contributed by atoms with van der Waals surface area (Å²) in [6.07, 6.45) is 1.62. The van der Waals surface area contributed by atoms with Gasteiger partial charge in [0, 0.05) is 5.02 Å². The molecule has 0 saturated carbocycles. The van der Waals surface area contributed by atoms with Crippen LogP contribution in [-0.4, -0.2) is 32.6 Å². The number of carbonyl (C=O) groups excluding carboxylic acids is 1. The molecule has 0 aliphatic carbocycles. The summed E-state index contributed by atoms with van der Waals surface area (Å²) in [5.74, 6) is 0.534. The lowest BCUT2D eigenvalue weighted by Crippen LogP contribution is -2.20. The van der Waals surface area contributed by atoms with E-state index in [1.54, 1.807) is 0 Å². The molecule has 1 aromatic heterocycles. The topological polar surface area (TPSA) is 57.0 Å². The largest absolute Gasteiger partial charge is 0.465 e. The zero-order valence-corrected chi connectivity index (χ0v) is 15.0. The first kappa shape index (κ1) is 17.8. The number of hydrogen-bond donors (Lipinski definition) is 0. The fraction of sp³-hybridized carbons (Fsp3) is 0.438. The van der Waals surface area contributed by atoms with E-state index in [0.29, 0.717) is 16.8 Å². The van der Waals surface area contributed by atoms with Crippen molar-refractivity contribution in [3.8, 4) is 5.69 Å². The summed E-state index contributed by atoms with van der Waals surface area (Å²) in [5.41, 5.74) is 0.876. The van der Waals surface area contributed by atoms with E-state index in [-0.39, 0.29) is 11.2 Å². The number of nitrogens with zero attached hydrogens (tertiary/aromatic N) is 3. The third kappa shape index (κ3) is 4.48. The minimum Gasteiger partial charge on any atom is -0.465 e. The van der Waals surface area contributed by atoms with E-state index in [1.807, 2.05) is 49.6 Å². The maximum atomic E-state index is 12.1. The summed E-state index contributed by atoms with van der Waals surface area (Å²) in [5, 5.41) is 9.36. The molecule has 0 fully saturated rings. The summed E-state index contributed by atoms with van der Waals surface area (Å²) in [7, 11) is 0. The maximum absolute atomic E-state index is 12.1. The highest BCUT2D eigenvalue weighted by Crippen LogP contribution is 2.29. The van der Waals surface area contributed by atoms with Crippen LogP contribution in [0.1, 0.15) is 32.5 Å². The predicted octanol–water partition coefficient (Wildman–Crippen LogP) is 4.05. The van der Waals surface area contributed by atoms with Crippen LogP contribution in [0.3, 0.4) is 0 Å². The number of ether oxygens (including phenoxy) is 1. The smallest absolute Gasteiger partial charge is 0.319 e. The number of thioether (sulfide) groups is 1. The van der Waals surface area contributed by atoms with Gasteiger partial charge in [0.25, 0.3) is 0 Å². The molecule has 0 unspecified atom stereocenters. The molecule has 0 aliphatic rings. The highest BCUT2D eigenvalue weighted by Gasteiger charge is 2.24. The highest BCUT2D eigenvalue weighted by atomic mass is 35.5. The van der Waals surface area contributed by atoms with Gasteiger partial charge in [-0.3, -0.25) is 9.36 Å². The van der Waals surface area contributed by atoms with E-state index in [4.69, 9.17) is 16.3 Å². The lowest BCUT2D eigenvalue weighted by molar-refractivity contribution is -0.142. The average Bonchev–Trinajstić information content (AvgIpc) is 2.88. The molecule has 23 heavy (non-hydrogen) atoms. The summed E-state index contributed by atoms with van der Waals surface area (Å²) in [6, 6.07) is 7.48. The maximum Gasteiger partial charge on any atom is 0.319 e. The molecular weight excluding hydrogens is 334 g/mol. The third-order valence-corrected chi connectivity index (χ3v) is 4.63. The molecule has 2 rings (SSSR count). The van der Waals surface area contributed by atoms with E-state index in [2.05, 4.69) is 10.2 Å². The minimum atomic E-state index is -0.290. The molecular formula is C16H20ClN3O2S. The van der Waals surface area contributed by atoms with Crippen molar-refractivity contribution in [3.05, 3.63) is 35.1 Å². The van der Waals surface area contributed by atoms with E-state index >= 15 is 0 Å². The number of benzene rings is 1. The quantitative estimate of drug-likeness (QED) is 0.555. The fourth-order valence-electron chi connectivity index (χ4n) is 2.18. The van der Waals surface area contributed by atoms with Gasteiger partial charge < -0.3 is 4.74 Å². The molecule has 0 amide bonds. The average molecular weight is 354 g/mol. The number of aromatic nitrogens is 3. The number of halogens is 1. The fourth-order valence-corrected chi connectivity index (χ4v) is 3.57. The lowest BCUT2D eigenvalue weighted by atomic mass is 10.2. The molecule has 0 radical (unpaired) electrons. The van der Waals surface area contributed by atoms with Crippen molar-refractivity contribution in [3.63, 3.8) is 0 Å². The second-order valence-corrected chi connectivity index (χ2v) is 6.60. The standard InChI is InChI=1S/C16H20ClN3O2S/c1-4-7-14(15(21)22-5-2)23-16-19-18-11(3)20(16)13-9-6-8-12(17)10-13/h6,8-10,14H,4-5,7H2,1-3H3/t14-/m0/s1. The molecule has 1 heterocycles. The van der Waals surface area contributed by atoms with E-state index in [0.717, 1.165) is 24.4 Å². The van der Waals surface area contributed by atoms with E-state index in [1.165, 1.54) is 11.8 Å². The van der Waals surface area contributed by atoms with Crippen LogP contribution in [0.5, 0.6) is 0 Å². The van der Waals surface area contributed by atoms with Crippen LogP contribution < -0.4 is 0 Å². The van der Waals surface area contributed by atoms with Crippen molar-refractivity contribution < 1.29 is 9.53 Å². The number of aryl methyl sites for hydroxylation is 1. The van der Waals surface area contributed by atoms with E-state index < -0.39 is 0 Å². The van der Waals surface area contributed by atoms with Gasteiger partial charge in [0.2, 0.25) is 0 Å². The zero-order chi connectivity index (χ0) is 16.8. The third-order valence-electron chi connectivity index (χ3n) is 3.21. The van der Waals surface area contributed by atoms with Gasteiger partial charge in [0.15, 0.2) is 5.16 Å². The van der Waals surface area contributed by atoms with Gasteiger partial charge in [0.05, 0.1) is 12.3 Å². The molecule has 7 heteroatoms. The van der Waals surface area contributed by atoms with Crippen LogP contribution in [-0.2, 0) is 9.53 Å². The molecule has 0 N–H and O–H groups in total. The van der Waals surface area contributed by atoms with Crippen molar-refractivity contribution in [1.29, 1.82) is 0 Å². The Hall–Kier alpha value is -1.53. The lowest BCUT2D eigenvalue weighted by Gasteiger charge is -2.15. The van der Waals surface area contributed by atoms with Crippen molar-refractivity contribution in [2.24, 2.45) is 0 Å². The summed E-state index contributed by atoms with van der Waals surface area (Å²) in [6.45, 7) is 6.10. The number of esters is 1. The van der Waals surface area contributed by atoms with Gasteiger partial charge in [-0.05, 0) is 38.5 Å². The van der Waals surface area contributed by atoms with Crippen molar-refractivity contribution >= 4 is 29.3 Å². The Morgan fingerprint density at radius 2 is 2.17 bits per heavy atom. The molecule has 0 aliphatic heterocycles. The first-order valence-electron chi connectivity index (χ1n) is 7.58. The molecule has 0 spiro atoms. The number of rotatable bonds is 7. The minimum absolute atomic E-state index is 0.211. The van der Waals surface area contributed by atoms with Gasteiger partial charge in [-0.1, -0.05) is 42.8 Å². The Kier molecular flexibility index (Phi) is 6.47. The normalized spacial score (nSPS) is 12.2. The van der Waals surface area contributed by atoms with Crippen LogP contribution >= 0.6 is 23.4 Å². The van der Waals surface area contributed by atoms with Crippen LogP contribution in [0.4, 0.5) is 0 Å². The Balaban J connectivity index is 2.31. The highest BCUT2D eigenvalue weighted by molar-refractivity contribution is 8.00. The van der Waals surface area contributed by atoms with Gasteiger partial charge >= 0.3 is 5.97 Å². The van der Waals surface area contributed by atoms with Crippen molar-refractivity contribution in [2.75, 3.05) is 6.61 Å².